The number of hydrogen-bond acceptors (Lipinski definition) is 3. The fourth-order valence-electron chi connectivity index (χ4n) is 1.67. The first-order valence-corrected chi connectivity index (χ1v) is 6.14. The lowest BCUT2D eigenvalue weighted by Crippen LogP contribution is -2.27. The van der Waals surface area contributed by atoms with Gasteiger partial charge in [-0.15, -0.1) is 0 Å². The highest BCUT2D eigenvalue weighted by atomic mass is 79.9. The molecule has 1 aliphatic carbocycles. The SMILES string of the molecule is COC(=O)c1cc(NC2CCC2)ccc1Br. The van der Waals surface area contributed by atoms with Gasteiger partial charge in [0.2, 0.25) is 0 Å². The van der Waals surface area contributed by atoms with E-state index in [9.17, 15) is 4.79 Å². The van der Waals surface area contributed by atoms with Crippen molar-refractivity contribution in [3.63, 3.8) is 0 Å². The fourth-order valence-corrected chi connectivity index (χ4v) is 2.08. The molecule has 0 aromatic heterocycles. The molecule has 16 heavy (non-hydrogen) atoms. The lowest BCUT2D eigenvalue weighted by molar-refractivity contribution is 0.0599. The van der Waals surface area contributed by atoms with Crippen molar-refractivity contribution in [2.75, 3.05) is 12.4 Å². The number of carbonyl (C=O) groups is 1. The summed E-state index contributed by atoms with van der Waals surface area (Å²) in [6.45, 7) is 0. The topological polar surface area (TPSA) is 38.3 Å². The zero-order valence-corrected chi connectivity index (χ0v) is 10.7. The minimum absolute atomic E-state index is 0.316. The number of carbonyl (C=O) groups excluding carboxylic acids is 1. The van der Waals surface area contributed by atoms with E-state index >= 15 is 0 Å². The molecule has 1 fully saturated rings. The normalized spacial score (nSPS) is 15.4. The molecule has 0 spiro atoms. The molecule has 4 heteroatoms. The highest BCUT2D eigenvalue weighted by molar-refractivity contribution is 9.10. The maximum atomic E-state index is 11.5. The van der Waals surface area contributed by atoms with Gasteiger partial charge in [-0.25, -0.2) is 4.79 Å². The molecule has 2 rings (SSSR count). The molecule has 0 radical (unpaired) electrons. The summed E-state index contributed by atoms with van der Waals surface area (Å²) in [6, 6.07) is 6.22. The fraction of sp³-hybridized carbons (Fsp3) is 0.417. The summed E-state index contributed by atoms with van der Waals surface area (Å²) in [7, 11) is 1.39. The van der Waals surface area contributed by atoms with Gasteiger partial charge < -0.3 is 10.1 Å². The smallest absolute Gasteiger partial charge is 0.339 e. The maximum absolute atomic E-state index is 11.5. The molecule has 0 bridgehead atoms. The molecule has 1 aromatic rings. The van der Waals surface area contributed by atoms with Crippen LogP contribution in [0.3, 0.4) is 0 Å². The van der Waals surface area contributed by atoms with Crippen LogP contribution in [0.2, 0.25) is 0 Å². The third-order valence-electron chi connectivity index (χ3n) is 2.85. The number of rotatable bonds is 3. The standard InChI is InChI=1S/C12H14BrNO2/c1-16-12(15)10-7-9(5-6-11(10)13)14-8-3-2-4-8/h5-8,14H,2-4H2,1H3. The Labute approximate surface area is 103 Å². The second-order valence-electron chi connectivity index (χ2n) is 3.96. The third-order valence-corrected chi connectivity index (χ3v) is 3.54. The van der Waals surface area contributed by atoms with Crippen molar-refractivity contribution in [2.24, 2.45) is 0 Å². The van der Waals surface area contributed by atoms with Crippen molar-refractivity contribution in [1.29, 1.82) is 0 Å². The molecule has 1 N–H and O–H groups in total. The van der Waals surface area contributed by atoms with Crippen molar-refractivity contribution >= 4 is 27.6 Å². The summed E-state index contributed by atoms with van der Waals surface area (Å²) in [5, 5.41) is 3.40. The molecule has 0 amide bonds. The molecule has 0 heterocycles. The Morgan fingerprint density at radius 1 is 1.50 bits per heavy atom. The van der Waals surface area contributed by atoms with Crippen LogP contribution in [0.4, 0.5) is 5.69 Å². The molecule has 0 aliphatic heterocycles. The summed E-state index contributed by atoms with van der Waals surface area (Å²) in [5.41, 5.74) is 1.54. The number of benzene rings is 1. The summed E-state index contributed by atoms with van der Waals surface area (Å²) in [4.78, 5) is 11.5. The monoisotopic (exact) mass is 283 g/mol. The average molecular weight is 284 g/mol. The van der Waals surface area contributed by atoms with Gasteiger partial charge in [-0.3, -0.25) is 0 Å². The largest absolute Gasteiger partial charge is 0.465 e. The third kappa shape index (κ3) is 2.38. The van der Waals surface area contributed by atoms with E-state index in [2.05, 4.69) is 21.2 Å². The van der Waals surface area contributed by atoms with Crippen molar-refractivity contribution in [1.82, 2.24) is 0 Å². The van der Waals surface area contributed by atoms with E-state index in [1.165, 1.54) is 26.4 Å². The second kappa shape index (κ2) is 4.87. The molecule has 0 atom stereocenters. The van der Waals surface area contributed by atoms with Crippen LogP contribution in [0.5, 0.6) is 0 Å². The van der Waals surface area contributed by atoms with E-state index in [0.29, 0.717) is 11.6 Å². The van der Waals surface area contributed by atoms with E-state index in [0.717, 1.165) is 10.2 Å². The Kier molecular flexibility index (Phi) is 3.49. The van der Waals surface area contributed by atoms with E-state index < -0.39 is 0 Å². The Balaban J connectivity index is 2.17. The average Bonchev–Trinajstić information content (AvgIpc) is 2.24. The summed E-state index contributed by atoms with van der Waals surface area (Å²) < 4.78 is 5.48. The maximum Gasteiger partial charge on any atom is 0.339 e. The van der Waals surface area contributed by atoms with Crippen LogP contribution < -0.4 is 5.32 Å². The second-order valence-corrected chi connectivity index (χ2v) is 4.81. The minimum Gasteiger partial charge on any atom is -0.465 e. The molecule has 0 saturated heterocycles. The molecule has 0 unspecified atom stereocenters. The van der Waals surface area contributed by atoms with E-state index in [1.54, 1.807) is 0 Å². The van der Waals surface area contributed by atoms with Gasteiger partial charge >= 0.3 is 5.97 Å². The summed E-state index contributed by atoms with van der Waals surface area (Å²) in [5.74, 6) is -0.316. The van der Waals surface area contributed by atoms with Gasteiger partial charge in [-0.05, 0) is 53.4 Å². The lowest BCUT2D eigenvalue weighted by Gasteiger charge is -2.27. The molecular weight excluding hydrogens is 270 g/mol. The van der Waals surface area contributed by atoms with Crippen LogP contribution in [-0.2, 0) is 4.74 Å². The highest BCUT2D eigenvalue weighted by Gasteiger charge is 2.18. The van der Waals surface area contributed by atoms with Crippen molar-refractivity contribution in [2.45, 2.75) is 25.3 Å². The highest BCUT2D eigenvalue weighted by Crippen LogP contribution is 2.26. The van der Waals surface area contributed by atoms with Crippen molar-refractivity contribution < 1.29 is 9.53 Å². The van der Waals surface area contributed by atoms with E-state index in [1.807, 2.05) is 18.2 Å². The van der Waals surface area contributed by atoms with Gasteiger partial charge in [0, 0.05) is 16.2 Å². The molecule has 1 saturated carbocycles. The van der Waals surface area contributed by atoms with Crippen LogP contribution in [0.1, 0.15) is 29.6 Å². The number of ether oxygens (including phenoxy) is 1. The Morgan fingerprint density at radius 2 is 2.25 bits per heavy atom. The van der Waals surface area contributed by atoms with Crippen LogP contribution in [0.15, 0.2) is 22.7 Å². The molecular formula is C12H14BrNO2. The Hall–Kier alpha value is -1.03. The van der Waals surface area contributed by atoms with Gasteiger partial charge in [0.1, 0.15) is 0 Å². The van der Waals surface area contributed by atoms with E-state index in [4.69, 9.17) is 4.74 Å². The summed E-state index contributed by atoms with van der Waals surface area (Å²) >= 11 is 3.34. The van der Waals surface area contributed by atoms with Gasteiger partial charge in [0.05, 0.1) is 12.7 Å². The first kappa shape index (κ1) is 11.5. The predicted octanol–water partition coefficient (Wildman–Crippen LogP) is 3.20. The molecule has 3 nitrogen and oxygen atoms in total. The molecule has 1 aliphatic rings. The van der Waals surface area contributed by atoms with Crippen molar-refractivity contribution in [3.05, 3.63) is 28.2 Å². The molecule has 1 aromatic carbocycles. The van der Waals surface area contributed by atoms with E-state index in [-0.39, 0.29) is 5.97 Å². The first-order valence-electron chi connectivity index (χ1n) is 5.35. The minimum atomic E-state index is -0.316. The van der Waals surface area contributed by atoms with Gasteiger partial charge in [0.15, 0.2) is 0 Å². The predicted molar refractivity (Wildman–Crippen MR) is 66.7 cm³/mol. The number of nitrogens with one attached hydrogen (secondary N) is 1. The van der Waals surface area contributed by atoms with Gasteiger partial charge in [-0.1, -0.05) is 0 Å². The summed E-state index contributed by atoms with van der Waals surface area (Å²) in [6.07, 6.45) is 3.71. The lowest BCUT2D eigenvalue weighted by atomic mass is 9.93. The van der Waals surface area contributed by atoms with Crippen LogP contribution in [-0.4, -0.2) is 19.1 Å². The Morgan fingerprint density at radius 3 is 2.81 bits per heavy atom. The van der Waals surface area contributed by atoms with Crippen molar-refractivity contribution in [3.8, 4) is 0 Å². The van der Waals surface area contributed by atoms with Crippen LogP contribution in [0.25, 0.3) is 0 Å². The van der Waals surface area contributed by atoms with Crippen LogP contribution >= 0.6 is 15.9 Å². The quantitative estimate of drug-likeness (QED) is 0.866. The van der Waals surface area contributed by atoms with Crippen LogP contribution in [0, 0.1) is 0 Å². The number of hydrogen-bond donors (Lipinski definition) is 1. The van der Waals surface area contributed by atoms with Gasteiger partial charge in [-0.2, -0.15) is 0 Å². The number of methoxy groups -OCH3 is 1. The number of esters is 1. The first-order chi connectivity index (χ1) is 7.70. The number of anilines is 1. The Bertz CT molecular complexity index is 402. The van der Waals surface area contributed by atoms with Gasteiger partial charge in [0.25, 0.3) is 0 Å². The zero-order valence-electron chi connectivity index (χ0n) is 9.13. The molecule has 86 valence electrons. The number of halogens is 1. The zero-order chi connectivity index (χ0) is 11.5.